The molecule has 0 radical (unpaired) electrons. The molecule has 44 heavy (non-hydrogen) atoms. The quantitative estimate of drug-likeness (QED) is 0.275. The molecular weight excluding hydrogens is 564 g/mol. The Bertz CT molecular complexity index is 1540. The van der Waals surface area contributed by atoms with Crippen LogP contribution in [0.3, 0.4) is 0 Å². The Morgan fingerprint density at radius 1 is 0.864 bits per heavy atom. The number of benzene rings is 3. The second kappa shape index (κ2) is 11.9. The number of fused-ring (bicyclic) bond motifs is 3. The standard InChI is InChI=1S/C35H38O9/c1-18(2)11-20-7-9-21(10-8-20)19(3)34(36)44-32-24-15-27-26(42-17-43-27)14-23(24)30(31-25(32)16-41-35(31)37)22-12-28(38-4)33(40-6)29(13-22)39-5/h7-10,12-15,18-19,25,30-32H,11,16-17H2,1-6H3/t19?,25-,30+,31-,32-/m0/s1. The van der Waals surface area contributed by atoms with Crippen LogP contribution in [0.5, 0.6) is 28.7 Å². The average molecular weight is 603 g/mol. The van der Waals surface area contributed by atoms with Gasteiger partial charge < -0.3 is 33.2 Å². The highest BCUT2D eigenvalue weighted by atomic mass is 16.7. The Hall–Kier alpha value is -4.40. The van der Waals surface area contributed by atoms with E-state index in [9.17, 15) is 9.59 Å². The van der Waals surface area contributed by atoms with E-state index in [0.717, 1.165) is 28.7 Å². The van der Waals surface area contributed by atoms with Crippen LogP contribution in [0.2, 0.25) is 0 Å². The fourth-order valence-corrected chi connectivity index (χ4v) is 6.72. The van der Waals surface area contributed by atoms with Gasteiger partial charge in [-0.05, 0) is 65.8 Å². The van der Waals surface area contributed by atoms with Crippen molar-refractivity contribution in [1.82, 2.24) is 0 Å². The molecule has 2 heterocycles. The lowest BCUT2D eigenvalue weighted by Gasteiger charge is -2.39. The van der Waals surface area contributed by atoms with Crippen molar-refractivity contribution in [3.05, 3.63) is 76.3 Å². The van der Waals surface area contributed by atoms with E-state index in [1.54, 1.807) is 21.3 Å². The number of methoxy groups -OCH3 is 3. The Morgan fingerprint density at radius 3 is 2.09 bits per heavy atom. The lowest BCUT2D eigenvalue weighted by atomic mass is 9.66. The van der Waals surface area contributed by atoms with Crippen molar-refractivity contribution in [1.29, 1.82) is 0 Å². The third kappa shape index (κ3) is 5.18. The minimum atomic E-state index is -0.732. The molecule has 232 valence electrons. The molecular formula is C35H38O9. The Morgan fingerprint density at radius 2 is 1.50 bits per heavy atom. The molecule has 0 bridgehead atoms. The van der Waals surface area contributed by atoms with Crippen LogP contribution in [0.15, 0.2) is 48.5 Å². The summed E-state index contributed by atoms with van der Waals surface area (Å²) in [6.45, 7) is 6.40. The first kappa shape index (κ1) is 29.7. The number of carbonyl (C=O) groups excluding carboxylic acids is 2. The van der Waals surface area contributed by atoms with E-state index in [4.69, 9.17) is 33.2 Å². The number of esters is 2. The van der Waals surface area contributed by atoms with E-state index in [1.807, 2.05) is 43.3 Å². The van der Waals surface area contributed by atoms with Gasteiger partial charge in [0.1, 0.15) is 6.10 Å². The van der Waals surface area contributed by atoms with Crippen molar-refractivity contribution in [3.63, 3.8) is 0 Å². The molecule has 2 aliphatic heterocycles. The van der Waals surface area contributed by atoms with E-state index < -0.39 is 29.8 Å². The van der Waals surface area contributed by atoms with Crippen molar-refractivity contribution in [2.24, 2.45) is 17.8 Å². The van der Waals surface area contributed by atoms with Gasteiger partial charge in [0.15, 0.2) is 23.0 Å². The van der Waals surface area contributed by atoms with Crippen LogP contribution in [-0.4, -0.2) is 46.7 Å². The molecule has 0 saturated carbocycles. The van der Waals surface area contributed by atoms with Crippen molar-refractivity contribution in [2.75, 3.05) is 34.7 Å². The first-order valence-corrected chi connectivity index (χ1v) is 14.9. The van der Waals surface area contributed by atoms with E-state index in [2.05, 4.69) is 26.0 Å². The van der Waals surface area contributed by atoms with Gasteiger partial charge >= 0.3 is 11.9 Å². The summed E-state index contributed by atoms with van der Waals surface area (Å²) in [6, 6.07) is 15.6. The van der Waals surface area contributed by atoms with Crippen LogP contribution in [0.1, 0.15) is 66.5 Å². The Balaban J connectivity index is 1.41. The molecule has 1 aliphatic carbocycles. The topological polar surface area (TPSA) is 98.8 Å². The molecule has 0 spiro atoms. The molecule has 1 saturated heterocycles. The summed E-state index contributed by atoms with van der Waals surface area (Å²) in [5.74, 6) is 0.283. The van der Waals surface area contributed by atoms with E-state index in [0.29, 0.717) is 34.7 Å². The van der Waals surface area contributed by atoms with Gasteiger partial charge in [0, 0.05) is 17.4 Å². The van der Waals surface area contributed by atoms with Gasteiger partial charge in [-0.15, -0.1) is 0 Å². The predicted molar refractivity (Wildman–Crippen MR) is 161 cm³/mol. The first-order chi connectivity index (χ1) is 21.2. The predicted octanol–water partition coefficient (Wildman–Crippen LogP) is 5.96. The number of hydrogen-bond acceptors (Lipinski definition) is 9. The van der Waals surface area contributed by atoms with Crippen LogP contribution in [0.4, 0.5) is 0 Å². The van der Waals surface area contributed by atoms with Gasteiger partial charge in [-0.25, -0.2) is 0 Å². The Kier molecular flexibility index (Phi) is 8.05. The summed E-state index contributed by atoms with van der Waals surface area (Å²) in [4.78, 5) is 27.2. The second-order valence-electron chi connectivity index (χ2n) is 12.0. The van der Waals surface area contributed by atoms with Gasteiger partial charge in [-0.2, -0.15) is 0 Å². The zero-order valence-corrected chi connectivity index (χ0v) is 25.9. The smallest absolute Gasteiger partial charge is 0.313 e. The monoisotopic (exact) mass is 602 g/mol. The lowest BCUT2D eigenvalue weighted by Crippen LogP contribution is -2.37. The van der Waals surface area contributed by atoms with Gasteiger partial charge in [0.25, 0.3) is 0 Å². The lowest BCUT2D eigenvalue weighted by molar-refractivity contribution is -0.156. The highest BCUT2D eigenvalue weighted by molar-refractivity contribution is 5.81. The molecule has 9 nitrogen and oxygen atoms in total. The second-order valence-corrected chi connectivity index (χ2v) is 12.0. The zero-order valence-electron chi connectivity index (χ0n) is 25.9. The van der Waals surface area contributed by atoms with E-state index >= 15 is 0 Å². The molecule has 6 rings (SSSR count). The van der Waals surface area contributed by atoms with Gasteiger partial charge in [0.05, 0.1) is 39.8 Å². The summed E-state index contributed by atoms with van der Waals surface area (Å²) in [6.07, 6.45) is 0.238. The Labute approximate surface area is 257 Å². The number of ether oxygens (including phenoxy) is 7. The normalized spacial score (nSPS) is 22.1. The number of carbonyl (C=O) groups is 2. The van der Waals surface area contributed by atoms with Crippen LogP contribution in [0.25, 0.3) is 0 Å². The van der Waals surface area contributed by atoms with Crippen molar-refractivity contribution >= 4 is 11.9 Å². The third-order valence-corrected chi connectivity index (χ3v) is 8.89. The highest BCUT2D eigenvalue weighted by Gasteiger charge is 2.54. The van der Waals surface area contributed by atoms with Gasteiger partial charge in [-0.3, -0.25) is 9.59 Å². The molecule has 3 aromatic rings. The minimum Gasteiger partial charge on any atom is -0.493 e. The summed E-state index contributed by atoms with van der Waals surface area (Å²) >= 11 is 0. The maximum Gasteiger partial charge on any atom is 0.313 e. The van der Waals surface area contributed by atoms with Crippen molar-refractivity contribution < 1.29 is 42.7 Å². The van der Waals surface area contributed by atoms with Gasteiger partial charge in [0.2, 0.25) is 12.5 Å². The summed E-state index contributed by atoms with van der Waals surface area (Å²) < 4.78 is 40.3. The zero-order chi connectivity index (χ0) is 31.1. The third-order valence-electron chi connectivity index (χ3n) is 8.89. The molecule has 0 amide bonds. The molecule has 9 heteroatoms. The van der Waals surface area contributed by atoms with E-state index in [-0.39, 0.29) is 25.3 Å². The van der Waals surface area contributed by atoms with Crippen LogP contribution >= 0.6 is 0 Å². The van der Waals surface area contributed by atoms with Crippen LogP contribution in [-0.2, 0) is 25.5 Å². The van der Waals surface area contributed by atoms with Gasteiger partial charge in [-0.1, -0.05) is 38.1 Å². The van der Waals surface area contributed by atoms with Crippen LogP contribution < -0.4 is 23.7 Å². The number of hydrogen-bond donors (Lipinski definition) is 0. The summed E-state index contributed by atoms with van der Waals surface area (Å²) in [5.41, 5.74) is 4.40. The molecule has 1 fully saturated rings. The maximum atomic E-state index is 13.7. The summed E-state index contributed by atoms with van der Waals surface area (Å²) in [5, 5.41) is 0. The van der Waals surface area contributed by atoms with Crippen molar-refractivity contribution in [3.8, 4) is 28.7 Å². The SMILES string of the molecule is COc1cc([C@@H]2c3cc4c(cc3[C@H](OC(=O)C(C)c3ccc(CC(C)C)cc3)[C@H]3COC(=O)[C@H]23)OCO4)cc(OC)c1OC. The number of cyclic esters (lactones) is 1. The minimum absolute atomic E-state index is 0.0796. The molecule has 1 unspecified atom stereocenters. The largest absolute Gasteiger partial charge is 0.493 e. The van der Waals surface area contributed by atoms with Crippen LogP contribution in [0, 0.1) is 17.8 Å². The molecule has 3 aromatic carbocycles. The van der Waals surface area contributed by atoms with E-state index in [1.165, 1.54) is 5.56 Å². The molecule has 5 atom stereocenters. The molecule has 0 aromatic heterocycles. The van der Waals surface area contributed by atoms with Crippen molar-refractivity contribution in [2.45, 2.75) is 45.1 Å². The fourth-order valence-electron chi connectivity index (χ4n) is 6.72. The highest BCUT2D eigenvalue weighted by Crippen LogP contribution is 2.56. The first-order valence-electron chi connectivity index (χ1n) is 14.9. The molecule has 0 N–H and O–H groups in total. The number of rotatable bonds is 9. The summed E-state index contributed by atoms with van der Waals surface area (Å²) in [7, 11) is 4.64. The fraction of sp³-hybridized carbons (Fsp3) is 0.429. The maximum absolute atomic E-state index is 13.7. The average Bonchev–Trinajstić information content (AvgIpc) is 3.65. The molecule has 3 aliphatic rings.